The zero-order valence-electron chi connectivity index (χ0n) is 23.9. The SMILES string of the molecule is CCc1ccccc1[C@H](Cn1c(=O)n(C(C)(C)C(=O)O)c(=O)c2c(C)c(-c3ncco3)sc21)C[C@H]1CC[C@H](O)CC1. The summed E-state index contributed by atoms with van der Waals surface area (Å²) in [5.74, 6) is -0.593. The van der Waals surface area contributed by atoms with Crippen LogP contribution in [0.4, 0.5) is 0 Å². The van der Waals surface area contributed by atoms with Crippen molar-refractivity contribution in [2.75, 3.05) is 0 Å². The van der Waals surface area contributed by atoms with Crippen LogP contribution < -0.4 is 11.2 Å². The molecule has 1 atom stereocenters. The van der Waals surface area contributed by atoms with Crippen molar-refractivity contribution in [3.8, 4) is 10.8 Å². The van der Waals surface area contributed by atoms with Gasteiger partial charge in [0, 0.05) is 12.5 Å². The molecule has 1 aromatic carbocycles. The Morgan fingerprint density at radius 1 is 1.20 bits per heavy atom. The molecule has 218 valence electrons. The zero-order chi connectivity index (χ0) is 29.5. The minimum atomic E-state index is -1.77. The van der Waals surface area contributed by atoms with E-state index in [-0.39, 0.29) is 18.6 Å². The maximum atomic E-state index is 14.2. The van der Waals surface area contributed by atoms with Gasteiger partial charge in [-0.05, 0) is 81.9 Å². The molecule has 0 amide bonds. The smallest absolute Gasteiger partial charge is 0.333 e. The number of nitrogens with zero attached hydrogens (tertiary/aromatic N) is 3. The van der Waals surface area contributed by atoms with E-state index in [0.29, 0.717) is 32.5 Å². The van der Waals surface area contributed by atoms with Crippen molar-refractivity contribution in [3.05, 3.63) is 74.3 Å². The first kappa shape index (κ1) is 29.0. The second-order valence-corrected chi connectivity index (χ2v) is 12.6. The fourth-order valence-electron chi connectivity index (χ4n) is 6.19. The van der Waals surface area contributed by atoms with Gasteiger partial charge < -0.3 is 14.6 Å². The molecule has 1 fully saturated rings. The maximum Gasteiger partial charge on any atom is 0.333 e. The van der Waals surface area contributed by atoms with Crippen molar-refractivity contribution in [2.24, 2.45) is 5.92 Å². The Labute approximate surface area is 242 Å². The second-order valence-electron chi connectivity index (χ2n) is 11.6. The van der Waals surface area contributed by atoms with E-state index in [1.807, 2.05) is 12.1 Å². The van der Waals surface area contributed by atoms with Gasteiger partial charge in [0.15, 0.2) is 0 Å². The number of carboxylic acids is 1. The molecule has 0 saturated heterocycles. The summed E-state index contributed by atoms with van der Waals surface area (Å²) in [6, 6.07) is 8.24. The van der Waals surface area contributed by atoms with Crippen LogP contribution in [0.2, 0.25) is 0 Å². The number of rotatable bonds is 9. The lowest BCUT2D eigenvalue weighted by Gasteiger charge is -2.31. The van der Waals surface area contributed by atoms with Crippen LogP contribution >= 0.6 is 11.3 Å². The molecule has 2 N–H and O–H groups in total. The third-order valence-corrected chi connectivity index (χ3v) is 9.94. The van der Waals surface area contributed by atoms with E-state index in [9.17, 15) is 24.6 Å². The van der Waals surface area contributed by atoms with Crippen molar-refractivity contribution in [2.45, 2.75) is 90.3 Å². The average molecular weight is 580 g/mol. The number of hydrogen-bond acceptors (Lipinski definition) is 7. The molecule has 4 aromatic rings. The number of aryl methyl sites for hydroxylation is 2. The topological polar surface area (TPSA) is 128 Å². The Bertz CT molecular complexity index is 1670. The highest BCUT2D eigenvalue weighted by Crippen LogP contribution is 2.39. The lowest BCUT2D eigenvalue weighted by molar-refractivity contribution is -0.146. The quantitative estimate of drug-likeness (QED) is 0.276. The van der Waals surface area contributed by atoms with Crippen LogP contribution in [0.15, 0.2) is 50.7 Å². The molecule has 0 aliphatic heterocycles. The number of aliphatic carboxylic acids is 1. The molecule has 0 radical (unpaired) electrons. The molecule has 0 spiro atoms. The van der Waals surface area contributed by atoms with E-state index >= 15 is 0 Å². The standard InChI is InChI=1S/C31H37N3O6S/c1-5-20-8-6-7-9-23(20)21(16-19-10-12-22(35)13-11-19)17-33-28-24(18(2)25(41-28)26-32-14-15-40-26)27(36)34(30(33)39)31(3,4)29(37)38/h6-9,14-15,19,21-22,35H,5,10-13,16-17H2,1-4H3,(H,37,38)/t19-,21-,22-/m0/s1. The van der Waals surface area contributed by atoms with Crippen LogP contribution in [0.1, 0.15) is 75.5 Å². The Morgan fingerprint density at radius 2 is 1.90 bits per heavy atom. The molecule has 1 saturated carbocycles. The van der Waals surface area contributed by atoms with Crippen LogP contribution in [-0.4, -0.2) is 36.4 Å². The first-order valence-electron chi connectivity index (χ1n) is 14.2. The molecular weight excluding hydrogens is 542 g/mol. The van der Waals surface area contributed by atoms with Crippen molar-refractivity contribution >= 4 is 27.5 Å². The number of benzene rings is 1. The third-order valence-electron chi connectivity index (χ3n) is 8.63. The van der Waals surface area contributed by atoms with Crippen LogP contribution in [-0.2, 0) is 23.3 Å². The maximum absolute atomic E-state index is 14.2. The number of thiophene rings is 1. The van der Waals surface area contributed by atoms with Gasteiger partial charge in [0.1, 0.15) is 16.6 Å². The number of oxazole rings is 1. The van der Waals surface area contributed by atoms with Gasteiger partial charge in [-0.25, -0.2) is 19.1 Å². The first-order chi connectivity index (χ1) is 19.5. The van der Waals surface area contributed by atoms with Crippen LogP contribution in [0.3, 0.4) is 0 Å². The molecule has 0 bridgehead atoms. The van der Waals surface area contributed by atoms with E-state index in [1.165, 1.54) is 43.2 Å². The predicted octanol–water partition coefficient (Wildman–Crippen LogP) is 5.30. The molecule has 1 aliphatic carbocycles. The van der Waals surface area contributed by atoms with Gasteiger partial charge in [-0.3, -0.25) is 9.36 Å². The van der Waals surface area contributed by atoms with Gasteiger partial charge in [-0.2, -0.15) is 0 Å². The largest absolute Gasteiger partial charge is 0.480 e. The van der Waals surface area contributed by atoms with Crippen molar-refractivity contribution in [1.29, 1.82) is 0 Å². The average Bonchev–Trinajstić information content (AvgIpc) is 3.59. The molecule has 10 heteroatoms. The van der Waals surface area contributed by atoms with Crippen LogP contribution in [0.5, 0.6) is 0 Å². The van der Waals surface area contributed by atoms with E-state index in [1.54, 1.807) is 11.5 Å². The number of aliphatic hydroxyl groups excluding tert-OH is 1. The fourth-order valence-corrected chi connectivity index (χ4v) is 7.44. The normalized spacial score (nSPS) is 18.6. The highest BCUT2D eigenvalue weighted by atomic mass is 32.1. The van der Waals surface area contributed by atoms with Gasteiger partial charge in [0.2, 0.25) is 5.89 Å². The third kappa shape index (κ3) is 5.30. The lowest BCUT2D eigenvalue weighted by Crippen LogP contribution is -2.52. The van der Waals surface area contributed by atoms with Crippen LogP contribution in [0, 0.1) is 12.8 Å². The Morgan fingerprint density at radius 3 is 2.54 bits per heavy atom. The molecule has 3 heterocycles. The number of carbonyl (C=O) groups is 1. The molecule has 1 aliphatic rings. The summed E-state index contributed by atoms with van der Waals surface area (Å²) >= 11 is 1.27. The first-order valence-corrected chi connectivity index (χ1v) is 15.0. The monoisotopic (exact) mass is 579 g/mol. The van der Waals surface area contributed by atoms with E-state index in [4.69, 9.17) is 4.42 Å². The second kappa shape index (κ2) is 11.4. The summed E-state index contributed by atoms with van der Waals surface area (Å²) in [7, 11) is 0. The highest BCUT2D eigenvalue weighted by molar-refractivity contribution is 7.22. The fraction of sp³-hybridized carbons (Fsp3) is 0.484. The summed E-state index contributed by atoms with van der Waals surface area (Å²) in [6.07, 6.45) is 7.71. The Balaban J connectivity index is 1.74. The van der Waals surface area contributed by atoms with Gasteiger partial charge in [0.05, 0.1) is 22.6 Å². The number of aromatic nitrogens is 3. The summed E-state index contributed by atoms with van der Waals surface area (Å²) in [6.45, 7) is 6.93. The predicted molar refractivity (Wildman–Crippen MR) is 159 cm³/mol. The molecular formula is C31H37N3O6S. The Kier molecular flexibility index (Phi) is 8.07. The summed E-state index contributed by atoms with van der Waals surface area (Å²) < 4.78 is 8.04. The lowest BCUT2D eigenvalue weighted by atomic mass is 9.78. The van der Waals surface area contributed by atoms with Gasteiger partial charge in [-0.15, -0.1) is 11.3 Å². The van der Waals surface area contributed by atoms with Crippen molar-refractivity contribution in [3.63, 3.8) is 0 Å². The van der Waals surface area contributed by atoms with Gasteiger partial charge >= 0.3 is 11.7 Å². The summed E-state index contributed by atoms with van der Waals surface area (Å²) in [5, 5.41) is 20.4. The molecule has 3 aromatic heterocycles. The minimum Gasteiger partial charge on any atom is -0.480 e. The number of carboxylic acid groups (broad SMARTS) is 1. The van der Waals surface area contributed by atoms with Crippen molar-refractivity contribution in [1.82, 2.24) is 14.1 Å². The van der Waals surface area contributed by atoms with Crippen molar-refractivity contribution < 1.29 is 19.4 Å². The zero-order valence-corrected chi connectivity index (χ0v) is 24.7. The minimum absolute atomic E-state index is 0.0567. The molecule has 5 rings (SSSR count). The molecule has 0 unspecified atom stereocenters. The molecule has 41 heavy (non-hydrogen) atoms. The van der Waals surface area contributed by atoms with Crippen LogP contribution in [0.25, 0.3) is 21.0 Å². The number of aliphatic hydroxyl groups is 1. The number of hydrogen-bond donors (Lipinski definition) is 2. The Hall–Kier alpha value is -3.50. The van der Waals surface area contributed by atoms with Gasteiger partial charge in [-0.1, -0.05) is 31.2 Å². The number of fused-ring (bicyclic) bond motifs is 1. The van der Waals surface area contributed by atoms with E-state index in [2.05, 4.69) is 24.0 Å². The molecule has 9 nitrogen and oxygen atoms in total. The van der Waals surface area contributed by atoms with E-state index < -0.39 is 22.8 Å². The highest BCUT2D eigenvalue weighted by Gasteiger charge is 2.36. The van der Waals surface area contributed by atoms with Gasteiger partial charge in [0.25, 0.3) is 5.56 Å². The summed E-state index contributed by atoms with van der Waals surface area (Å²) in [4.78, 5) is 45.8. The summed E-state index contributed by atoms with van der Waals surface area (Å²) in [5.41, 5.74) is -0.0944. The van der Waals surface area contributed by atoms with E-state index in [0.717, 1.165) is 48.7 Å².